The molecule has 0 saturated carbocycles. The lowest BCUT2D eigenvalue weighted by Crippen LogP contribution is -2.36. The molecule has 11 heavy (non-hydrogen) atoms. The van der Waals surface area contributed by atoms with Crippen LogP contribution in [0.2, 0.25) is 0 Å². The van der Waals surface area contributed by atoms with Crippen LogP contribution >= 0.6 is 0 Å². The minimum atomic E-state index is -0.639. The largest absolute Gasteiger partial charge is 0.508 e. The summed E-state index contributed by atoms with van der Waals surface area (Å²) in [4.78, 5) is 10.4. The number of ether oxygens (including phenoxy) is 2. The lowest BCUT2D eigenvalue weighted by Gasteiger charge is -2.29. The maximum atomic E-state index is 10.4. The number of nitriles is 1. The van der Waals surface area contributed by atoms with Crippen molar-refractivity contribution < 1.29 is 14.3 Å². The van der Waals surface area contributed by atoms with E-state index in [2.05, 4.69) is 9.47 Å². The van der Waals surface area contributed by atoms with Gasteiger partial charge < -0.3 is 9.47 Å². The van der Waals surface area contributed by atoms with Crippen molar-refractivity contribution in [2.75, 3.05) is 13.2 Å². The number of hydrogen-bond donors (Lipinski definition) is 0. The van der Waals surface area contributed by atoms with Crippen LogP contribution in [-0.4, -0.2) is 19.4 Å². The molecule has 4 nitrogen and oxygen atoms in total. The first-order valence-electron chi connectivity index (χ1n) is 3.33. The molecule has 0 unspecified atom stereocenters. The van der Waals surface area contributed by atoms with Crippen LogP contribution in [0.1, 0.15) is 13.3 Å². The van der Waals surface area contributed by atoms with Gasteiger partial charge in [-0.05, 0) is 0 Å². The maximum Gasteiger partial charge on any atom is 0.508 e. The highest BCUT2D eigenvalue weighted by Gasteiger charge is 2.32. The van der Waals surface area contributed by atoms with E-state index in [4.69, 9.17) is 5.26 Å². The number of carbonyl (C=O) groups excluding carboxylic acids is 1. The zero-order chi connectivity index (χ0) is 8.32. The Balaban J connectivity index is 2.49. The first kappa shape index (κ1) is 7.86. The Kier molecular flexibility index (Phi) is 1.99. The van der Waals surface area contributed by atoms with Crippen molar-refractivity contribution in [1.29, 1.82) is 5.26 Å². The third-order valence-electron chi connectivity index (χ3n) is 1.58. The molecule has 0 aromatic heterocycles. The van der Waals surface area contributed by atoms with Crippen molar-refractivity contribution in [3.63, 3.8) is 0 Å². The molecular formula is C7H9NO3. The van der Waals surface area contributed by atoms with E-state index in [0.29, 0.717) is 6.42 Å². The highest BCUT2D eigenvalue weighted by molar-refractivity contribution is 5.60. The molecule has 60 valence electrons. The molecule has 0 aliphatic carbocycles. The summed E-state index contributed by atoms with van der Waals surface area (Å²) in [7, 11) is 0. The second kappa shape index (κ2) is 2.79. The quantitative estimate of drug-likeness (QED) is 0.531. The fraction of sp³-hybridized carbons (Fsp3) is 0.714. The van der Waals surface area contributed by atoms with Crippen molar-refractivity contribution in [2.45, 2.75) is 13.3 Å². The Morgan fingerprint density at radius 1 is 1.64 bits per heavy atom. The van der Waals surface area contributed by atoms with Gasteiger partial charge in [0.15, 0.2) is 0 Å². The molecule has 0 atom stereocenters. The van der Waals surface area contributed by atoms with Crippen LogP contribution in [0.3, 0.4) is 0 Å². The van der Waals surface area contributed by atoms with Crippen molar-refractivity contribution in [3.8, 4) is 6.07 Å². The molecule has 1 rings (SSSR count). The molecule has 4 heteroatoms. The molecule has 0 spiro atoms. The predicted molar refractivity (Wildman–Crippen MR) is 35.6 cm³/mol. The summed E-state index contributed by atoms with van der Waals surface area (Å²) in [5.74, 6) is 0. The molecule has 1 fully saturated rings. The Morgan fingerprint density at radius 2 is 2.18 bits per heavy atom. The van der Waals surface area contributed by atoms with Crippen LogP contribution < -0.4 is 0 Å². The first-order valence-corrected chi connectivity index (χ1v) is 3.33. The van der Waals surface area contributed by atoms with Crippen LogP contribution in [-0.2, 0) is 9.47 Å². The molecule has 1 saturated heterocycles. The van der Waals surface area contributed by atoms with Crippen molar-refractivity contribution in [1.82, 2.24) is 0 Å². The van der Waals surface area contributed by atoms with E-state index >= 15 is 0 Å². The lowest BCUT2D eigenvalue weighted by molar-refractivity contribution is -0.0501. The zero-order valence-electron chi connectivity index (χ0n) is 6.29. The fourth-order valence-electron chi connectivity index (χ4n) is 0.843. The normalized spacial score (nSPS) is 21.3. The zero-order valence-corrected chi connectivity index (χ0v) is 6.29. The standard InChI is InChI=1S/C7H9NO3/c1-7(2-3-8)4-10-6(9)11-5-7/h2,4-5H2,1H3. The van der Waals surface area contributed by atoms with Crippen LogP contribution in [0, 0.1) is 16.7 Å². The van der Waals surface area contributed by atoms with Crippen LogP contribution in [0.15, 0.2) is 0 Å². The van der Waals surface area contributed by atoms with Gasteiger partial charge in [-0.3, -0.25) is 0 Å². The van der Waals surface area contributed by atoms with Crippen molar-refractivity contribution in [3.05, 3.63) is 0 Å². The van der Waals surface area contributed by atoms with Gasteiger partial charge in [-0.1, -0.05) is 6.92 Å². The molecular weight excluding hydrogens is 146 g/mol. The van der Waals surface area contributed by atoms with Gasteiger partial charge in [-0.2, -0.15) is 5.26 Å². The number of cyclic esters (lactones) is 2. The fourth-order valence-corrected chi connectivity index (χ4v) is 0.843. The average Bonchev–Trinajstić information content (AvgIpc) is 1.97. The third-order valence-corrected chi connectivity index (χ3v) is 1.58. The van der Waals surface area contributed by atoms with Crippen LogP contribution in [0.5, 0.6) is 0 Å². The van der Waals surface area contributed by atoms with E-state index < -0.39 is 6.16 Å². The van der Waals surface area contributed by atoms with E-state index in [9.17, 15) is 4.79 Å². The molecule has 0 N–H and O–H groups in total. The summed E-state index contributed by atoms with van der Waals surface area (Å²) < 4.78 is 9.27. The predicted octanol–water partition coefficient (Wildman–Crippen LogP) is 1.07. The van der Waals surface area contributed by atoms with Gasteiger partial charge in [0.25, 0.3) is 0 Å². The maximum absolute atomic E-state index is 10.4. The Morgan fingerprint density at radius 3 is 2.64 bits per heavy atom. The summed E-state index contributed by atoms with van der Waals surface area (Å²) in [6.07, 6.45) is -0.291. The van der Waals surface area contributed by atoms with Gasteiger partial charge >= 0.3 is 6.16 Å². The minimum absolute atomic E-state index is 0.277. The summed E-state index contributed by atoms with van der Waals surface area (Å²) in [6, 6.07) is 2.02. The molecule has 1 aliphatic heterocycles. The number of hydrogen-bond acceptors (Lipinski definition) is 4. The highest BCUT2D eigenvalue weighted by Crippen LogP contribution is 2.25. The number of rotatable bonds is 1. The van der Waals surface area contributed by atoms with E-state index in [1.807, 2.05) is 13.0 Å². The highest BCUT2D eigenvalue weighted by atomic mass is 16.7. The summed E-state index contributed by atoms with van der Waals surface area (Å²) in [5, 5.41) is 8.40. The molecule has 0 aromatic rings. The molecule has 1 heterocycles. The Hall–Kier alpha value is -1.24. The van der Waals surface area contributed by atoms with Crippen molar-refractivity contribution in [2.24, 2.45) is 5.41 Å². The van der Waals surface area contributed by atoms with E-state index in [1.165, 1.54) is 0 Å². The molecule has 0 bridgehead atoms. The monoisotopic (exact) mass is 155 g/mol. The number of nitrogens with zero attached hydrogens (tertiary/aromatic N) is 1. The molecule has 0 aromatic carbocycles. The second-order valence-electron chi connectivity index (χ2n) is 2.97. The van der Waals surface area contributed by atoms with Gasteiger partial charge in [0.05, 0.1) is 6.07 Å². The lowest BCUT2D eigenvalue weighted by atomic mass is 9.89. The van der Waals surface area contributed by atoms with Gasteiger partial charge in [0, 0.05) is 11.8 Å². The summed E-state index contributed by atoms with van der Waals surface area (Å²) in [5.41, 5.74) is -0.317. The molecule has 1 aliphatic rings. The smallest absolute Gasteiger partial charge is 0.434 e. The second-order valence-corrected chi connectivity index (χ2v) is 2.97. The topological polar surface area (TPSA) is 59.3 Å². The Bertz CT molecular complexity index is 196. The Labute approximate surface area is 64.7 Å². The van der Waals surface area contributed by atoms with E-state index in [1.54, 1.807) is 0 Å². The van der Waals surface area contributed by atoms with Crippen molar-refractivity contribution >= 4 is 6.16 Å². The van der Waals surface area contributed by atoms with E-state index in [-0.39, 0.29) is 18.6 Å². The van der Waals surface area contributed by atoms with Gasteiger partial charge in [0.1, 0.15) is 13.2 Å². The van der Waals surface area contributed by atoms with Crippen LogP contribution in [0.25, 0.3) is 0 Å². The summed E-state index contributed by atoms with van der Waals surface area (Å²) in [6.45, 7) is 2.40. The van der Waals surface area contributed by atoms with Gasteiger partial charge in [-0.15, -0.1) is 0 Å². The average molecular weight is 155 g/mol. The molecule has 0 radical (unpaired) electrons. The van der Waals surface area contributed by atoms with Gasteiger partial charge in [-0.25, -0.2) is 4.79 Å². The van der Waals surface area contributed by atoms with Gasteiger partial charge in [0.2, 0.25) is 0 Å². The number of carbonyl (C=O) groups is 1. The molecule has 0 amide bonds. The first-order chi connectivity index (χ1) is 5.16. The summed E-state index contributed by atoms with van der Waals surface area (Å²) >= 11 is 0. The SMILES string of the molecule is CC1(CC#N)COC(=O)OC1. The van der Waals surface area contributed by atoms with E-state index in [0.717, 1.165) is 0 Å². The van der Waals surface area contributed by atoms with Crippen LogP contribution in [0.4, 0.5) is 4.79 Å². The third kappa shape index (κ3) is 1.84. The minimum Gasteiger partial charge on any atom is -0.434 e.